The zero-order valence-electron chi connectivity index (χ0n) is 10.7. The Morgan fingerprint density at radius 3 is 2.29 bits per heavy atom. The molecule has 0 amide bonds. The minimum atomic E-state index is 0.287. The number of nitrogens with two attached hydrogens (primary N) is 1. The van der Waals surface area contributed by atoms with Crippen molar-refractivity contribution in [1.29, 1.82) is 0 Å². The number of aryl methyl sites for hydroxylation is 1. The highest BCUT2D eigenvalue weighted by atomic mass is 16.5. The molecule has 0 aliphatic heterocycles. The fraction of sp³-hybridized carbons (Fsp3) is 0.571. The van der Waals surface area contributed by atoms with Crippen molar-refractivity contribution in [2.75, 3.05) is 13.2 Å². The van der Waals surface area contributed by atoms with Crippen LogP contribution < -0.4 is 15.2 Å². The number of fused-ring (bicyclic) bond motifs is 1. The molecule has 0 saturated heterocycles. The first-order chi connectivity index (χ1) is 8.24. The number of ether oxygens (including phenoxy) is 2. The maximum Gasteiger partial charge on any atom is 0.161 e. The molecule has 1 aromatic carbocycles. The Balaban J connectivity index is 2.33. The van der Waals surface area contributed by atoms with Gasteiger partial charge in [-0.05, 0) is 56.4 Å². The molecule has 0 heterocycles. The van der Waals surface area contributed by atoms with Gasteiger partial charge >= 0.3 is 0 Å². The summed E-state index contributed by atoms with van der Waals surface area (Å²) in [5, 5.41) is 0. The summed E-state index contributed by atoms with van der Waals surface area (Å²) in [7, 11) is 0. The van der Waals surface area contributed by atoms with Gasteiger partial charge in [0.2, 0.25) is 0 Å². The molecular formula is C14H21NO2. The normalized spacial score (nSPS) is 18.6. The van der Waals surface area contributed by atoms with Gasteiger partial charge in [0.15, 0.2) is 11.5 Å². The second-order valence-electron chi connectivity index (χ2n) is 4.44. The van der Waals surface area contributed by atoms with E-state index < -0.39 is 0 Å². The van der Waals surface area contributed by atoms with Gasteiger partial charge in [0, 0.05) is 6.04 Å². The SMILES string of the molecule is CCOc1cc2c(cc1OCC)C[C@H](N)CC2. The largest absolute Gasteiger partial charge is 0.490 e. The third-order valence-electron chi connectivity index (χ3n) is 3.13. The van der Waals surface area contributed by atoms with Gasteiger partial charge in [-0.1, -0.05) is 0 Å². The predicted molar refractivity (Wildman–Crippen MR) is 68.8 cm³/mol. The van der Waals surface area contributed by atoms with Gasteiger partial charge in [-0.3, -0.25) is 0 Å². The molecule has 0 radical (unpaired) electrons. The van der Waals surface area contributed by atoms with E-state index in [0.717, 1.165) is 30.8 Å². The quantitative estimate of drug-likeness (QED) is 0.871. The highest BCUT2D eigenvalue weighted by molar-refractivity contribution is 5.48. The lowest BCUT2D eigenvalue weighted by atomic mass is 9.88. The number of hydrogen-bond acceptors (Lipinski definition) is 3. The van der Waals surface area contributed by atoms with Gasteiger partial charge in [0.05, 0.1) is 13.2 Å². The van der Waals surface area contributed by atoms with E-state index in [1.165, 1.54) is 11.1 Å². The molecule has 1 aliphatic rings. The third kappa shape index (κ3) is 2.72. The monoisotopic (exact) mass is 235 g/mol. The van der Waals surface area contributed by atoms with E-state index >= 15 is 0 Å². The maximum atomic E-state index is 6.00. The van der Waals surface area contributed by atoms with Crippen LogP contribution in [-0.4, -0.2) is 19.3 Å². The lowest BCUT2D eigenvalue weighted by molar-refractivity contribution is 0.286. The highest BCUT2D eigenvalue weighted by Crippen LogP contribution is 2.34. The number of rotatable bonds is 4. The molecule has 1 aromatic rings. The molecule has 1 atom stereocenters. The van der Waals surface area contributed by atoms with Crippen molar-refractivity contribution in [1.82, 2.24) is 0 Å². The van der Waals surface area contributed by atoms with Crippen LogP contribution in [0.3, 0.4) is 0 Å². The van der Waals surface area contributed by atoms with E-state index in [2.05, 4.69) is 12.1 Å². The van der Waals surface area contributed by atoms with E-state index in [-0.39, 0.29) is 6.04 Å². The van der Waals surface area contributed by atoms with E-state index in [1.54, 1.807) is 0 Å². The summed E-state index contributed by atoms with van der Waals surface area (Å²) in [6.07, 6.45) is 3.05. The average Bonchev–Trinajstić information content (AvgIpc) is 2.31. The summed E-state index contributed by atoms with van der Waals surface area (Å²) in [5.41, 5.74) is 8.67. The second kappa shape index (κ2) is 5.41. The topological polar surface area (TPSA) is 44.5 Å². The van der Waals surface area contributed by atoms with Crippen LogP contribution in [0, 0.1) is 0 Å². The summed E-state index contributed by atoms with van der Waals surface area (Å²) in [6, 6.07) is 4.51. The first-order valence-electron chi connectivity index (χ1n) is 6.41. The molecule has 0 fully saturated rings. The summed E-state index contributed by atoms with van der Waals surface area (Å²) in [4.78, 5) is 0. The predicted octanol–water partition coefficient (Wildman–Crippen LogP) is 2.30. The first-order valence-corrected chi connectivity index (χ1v) is 6.41. The van der Waals surface area contributed by atoms with Crippen LogP contribution in [-0.2, 0) is 12.8 Å². The van der Waals surface area contributed by atoms with Crippen molar-refractivity contribution in [3.8, 4) is 11.5 Å². The van der Waals surface area contributed by atoms with Crippen LogP contribution in [0.2, 0.25) is 0 Å². The first kappa shape index (κ1) is 12.2. The summed E-state index contributed by atoms with van der Waals surface area (Å²) in [5.74, 6) is 1.71. The molecule has 2 rings (SSSR count). The minimum absolute atomic E-state index is 0.287. The maximum absolute atomic E-state index is 6.00. The van der Waals surface area contributed by atoms with E-state index in [0.29, 0.717) is 13.2 Å². The fourth-order valence-corrected chi connectivity index (χ4v) is 2.33. The molecule has 1 aliphatic carbocycles. The molecule has 94 valence electrons. The third-order valence-corrected chi connectivity index (χ3v) is 3.13. The van der Waals surface area contributed by atoms with E-state index in [1.807, 2.05) is 13.8 Å². The zero-order chi connectivity index (χ0) is 12.3. The molecule has 3 nitrogen and oxygen atoms in total. The van der Waals surface area contributed by atoms with Crippen molar-refractivity contribution >= 4 is 0 Å². The molecule has 0 bridgehead atoms. The van der Waals surface area contributed by atoms with E-state index in [4.69, 9.17) is 15.2 Å². The summed E-state index contributed by atoms with van der Waals surface area (Å²) < 4.78 is 11.3. The van der Waals surface area contributed by atoms with Crippen molar-refractivity contribution in [2.45, 2.75) is 39.2 Å². The highest BCUT2D eigenvalue weighted by Gasteiger charge is 2.18. The molecule has 0 unspecified atom stereocenters. The molecule has 2 N–H and O–H groups in total. The summed E-state index contributed by atoms with van der Waals surface area (Å²) in [6.45, 7) is 5.30. The van der Waals surface area contributed by atoms with Crippen molar-refractivity contribution in [3.63, 3.8) is 0 Å². The molecular weight excluding hydrogens is 214 g/mol. The van der Waals surface area contributed by atoms with Crippen molar-refractivity contribution in [3.05, 3.63) is 23.3 Å². The summed E-state index contributed by atoms with van der Waals surface area (Å²) >= 11 is 0. The Hall–Kier alpha value is -1.22. The molecule has 17 heavy (non-hydrogen) atoms. The van der Waals surface area contributed by atoms with Crippen molar-refractivity contribution < 1.29 is 9.47 Å². The lowest BCUT2D eigenvalue weighted by Crippen LogP contribution is -2.27. The van der Waals surface area contributed by atoms with Crippen LogP contribution in [0.25, 0.3) is 0 Å². The van der Waals surface area contributed by atoms with Crippen LogP contribution in [0.1, 0.15) is 31.4 Å². The average molecular weight is 235 g/mol. The van der Waals surface area contributed by atoms with E-state index in [9.17, 15) is 0 Å². The second-order valence-corrected chi connectivity index (χ2v) is 4.44. The van der Waals surface area contributed by atoms with Gasteiger partial charge < -0.3 is 15.2 Å². The van der Waals surface area contributed by atoms with Crippen molar-refractivity contribution in [2.24, 2.45) is 5.73 Å². The standard InChI is InChI=1S/C14H21NO2/c1-3-16-13-8-10-5-6-12(15)7-11(10)9-14(13)17-4-2/h8-9,12H,3-7,15H2,1-2H3/t12-/m1/s1. The van der Waals surface area contributed by atoms with Gasteiger partial charge in [0.25, 0.3) is 0 Å². The molecule has 0 aromatic heterocycles. The molecule has 0 saturated carbocycles. The van der Waals surface area contributed by atoms with Crippen LogP contribution in [0.15, 0.2) is 12.1 Å². The zero-order valence-corrected chi connectivity index (χ0v) is 10.7. The number of benzene rings is 1. The minimum Gasteiger partial charge on any atom is -0.490 e. The Morgan fingerprint density at radius 1 is 1.12 bits per heavy atom. The Bertz CT molecular complexity index is 390. The van der Waals surface area contributed by atoms with Gasteiger partial charge in [-0.15, -0.1) is 0 Å². The Labute approximate surface area is 103 Å². The van der Waals surface area contributed by atoms with Crippen LogP contribution in [0.4, 0.5) is 0 Å². The molecule has 0 spiro atoms. The fourth-order valence-electron chi connectivity index (χ4n) is 2.33. The smallest absolute Gasteiger partial charge is 0.161 e. The lowest BCUT2D eigenvalue weighted by Gasteiger charge is -2.23. The van der Waals surface area contributed by atoms with Gasteiger partial charge in [-0.25, -0.2) is 0 Å². The number of hydrogen-bond donors (Lipinski definition) is 1. The van der Waals surface area contributed by atoms with Gasteiger partial charge in [0.1, 0.15) is 0 Å². The van der Waals surface area contributed by atoms with Crippen LogP contribution in [0.5, 0.6) is 11.5 Å². The Kier molecular flexibility index (Phi) is 3.89. The molecule has 3 heteroatoms. The Morgan fingerprint density at radius 2 is 1.71 bits per heavy atom. The van der Waals surface area contributed by atoms with Crippen LogP contribution >= 0.6 is 0 Å². The van der Waals surface area contributed by atoms with Gasteiger partial charge in [-0.2, -0.15) is 0 Å².